The van der Waals surface area contributed by atoms with Crippen LogP contribution in [0.4, 0.5) is 14.3 Å². The van der Waals surface area contributed by atoms with Gasteiger partial charge < -0.3 is 14.6 Å². The number of carbonyl (C=O) groups excluding carboxylic acids is 2. The zero-order chi connectivity index (χ0) is 22.7. The number of amides is 3. The molecule has 0 saturated carbocycles. The predicted octanol–water partition coefficient (Wildman–Crippen LogP) is 3.31. The Hall–Kier alpha value is -3.99. The number of rotatable bonds is 6. The first-order valence-electron chi connectivity index (χ1n) is 9.49. The second-order valence-corrected chi connectivity index (χ2v) is 7.83. The van der Waals surface area contributed by atoms with Gasteiger partial charge in [0.2, 0.25) is 0 Å². The highest BCUT2D eigenvalue weighted by Crippen LogP contribution is 2.18. The highest BCUT2D eigenvalue weighted by molar-refractivity contribution is 7.13. The molecule has 3 amide bonds. The van der Waals surface area contributed by atoms with Gasteiger partial charge in [0, 0.05) is 24.5 Å². The number of oxazole rings is 1. The molecule has 0 unspecified atom stereocenters. The lowest BCUT2D eigenvalue weighted by molar-refractivity contribution is 0.0783. The molecule has 3 N–H and O–H groups in total. The zero-order valence-electron chi connectivity index (χ0n) is 16.8. The Balaban J connectivity index is 1.32. The van der Waals surface area contributed by atoms with Crippen LogP contribution in [0, 0.1) is 5.82 Å². The van der Waals surface area contributed by atoms with Crippen molar-refractivity contribution in [3.8, 4) is 0 Å². The second kappa shape index (κ2) is 9.02. The third-order valence-electron chi connectivity index (χ3n) is 4.53. The van der Waals surface area contributed by atoms with E-state index in [1.54, 1.807) is 36.7 Å². The van der Waals surface area contributed by atoms with Crippen molar-refractivity contribution in [2.24, 2.45) is 0 Å². The van der Waals surface area contributed by atoms with Crippen LogP contribution in [0.5, 0.6) is 0 Å². The molecule has 4 aromatic rings. The maximum absolute atomic E-state index is 13.2. The van der Waals surface area contributed by atoms with Gasteiger partial charge in [0.15, 0.2) is 10.7 Å². The Kier molecular flexibility index (Phi) is 5.99. The Morgan fingerprint density at radius 1 is 1.25 bits per heavy atom. The standard InChI is InChI=1S/C21H18FN5O4S/c1-27(18(28)13-5-6-16-17(8-13)31-21(30)25-16)10-15-11-32-20(24-15)26-19(29)23-9-12-3-2-4-14(22)7-12/h2-8,11H,9-10H2,1H3,(H,25,30)(H2,23,24,26,29). The van der Waals surface area contributed by atoms with Gasteiger partial charge in [0.1, 0.15) is 5.82 Å². The normalized spacial score (nSPS) is 10.8. The number of aromatic nitrogens is 2. The van der Waals surface area contributed by atoms with Crippen molar-refractivity contribution < 1.29 is 18.4 Å². The number of aromatic amines is 1. The summed E-state index contributed by atoms with van der Waals surface area (Å²) < 4.78 is 18.2. The fourth-order valence-corrected chi connectivity index (χ4v) is 3.72. The number of nitrogens with zero attached hydrogens (tertiary/aromatic N) is 2. The topological polar surface area (TPSA) is 120 Å². The summed E-state index contributed by atoms with van der Waals surface area (Å²) in [5.41, 5.74) is 2.42. The van der Waals surface area contributed by atoms with Gasteiger partial charge in [-0.3, -0.25) is 15.1 Å². The molecule has 0 radical (unpaired) electrons. The molecule has 2 aromatic carbocycles. The van der Waals surface area contributed by atoms with Gasteiger partial charge in [-0.25, -0.2) is 19.0 Å². The quantitative estimate of drug-likeness (QED) is 0.412. The van der Waals surface area contributed by atoms with Crippen molar-refractivity contribution >= 4 is 39.5 Å². The number of thiazole rings is 1. The lowest BCUT2D eigenvalue weighted by Gasteiger charge is -2.15. The molecule has 9 nitrogen and oxygen atoms in total. The smallest absolute Gasteiger partial charge is 0.408 e. The van der Waals surface area contributed by atoms with Crippen LogP contribution >= 0.6 is 11.3 Å². The average Bonchev–Trinajstić information content (AvgIpc) is 3.36. The largest absolute Gasteiger partial charge is 0.417 e. The molecule has 0 aliphatic rings. The molecule has 11 heteroatoms. The lowest BCUT2D eigenvalue weighted by atomic mass is 10.2. The van der Waals surface area contributed by atoms with Crippen molar-refractivity contribution in [1.29, 1.82) is 0 Å². The van der Waals surface area contributed by atoms with Crippen LogP contribution in [0.3, 0.4) is 0 Å². The molecule has 4 rings (SSSR count). The Morgan fingerprint density at radius 2 is 2.09 bits per heavy atom. The number of benzene rings is 2. The minimum atomic E-state index is -0.583. The molecule has 0 bridgehead atoms. The van der Waals surface area contributed by atoms with Crippen molar-refractivity contribution in [2.75, 3.05) is 12.4 Å². The Labute approximate surface area is 184 Å². The second-order valence-electron chi connectivity index (χ2n) is 6.97. The van der Waals surface area contributed by atoms with Gasteiger partial charge in [0.25, 0.3) is 5.91 Å². The van der Waals surface area contributed by atoms with Crippen LogP contribution in [0.15, 0.2) is 57.1 Å². The Morgan fingerprint density at radius 3 is 2.91 bits per heavy atom. The van der Waals surface area contributed by atoms with Gasteiger partial charge >= 0.3 is 11.8 Å². The van der Waals surface area contributed by atoms with Gasteiger partial charge in [0.05, 0.1) is 17.8 Å². The van der Waals surface area contributed by atoms with E-state index < -0.39 is 11.8 Å². The maximum Gasteiger partial charge on any atom is 0.417 e. The molecule has 2 heterocycles. The molecule has 0 aliphatic carbocycles. The highest BCUT2D eigenvalue weighted by atomic mass is 32.1. The molecule has 2 aromatic heterocycles. The van der Waals surface area contributed by atoms with Crippen molar-refractivity contribution in [3.05, 3.63) is 81.0 Å². The molecular weight excluding hydrogens is 437 g/mol. The van der Waals surface area contributed by atoms with Crippen LogP contribution in [0.25, 0.3) is 11.1 Å². The predicted molar refractivity (Wildman–Crippen MR) is 117 cm³/mol. The van der Waals surface area contributed by atoms with Gasteiger partial charge in [-0.05, 0) is 35.9 Å². The summed E-state index contributed by atoms with van der Waals surface area (Å²) >= 11 is 1.22. The number of hydrogen-bond donors (Lipinski definition) is 3. The number of H-pyrrole nitrogens is 1. The Bertz CT molecular complexity index is 1350. The molecule has 32 heavy (non-hydrogen) atoms. The first kappa shape index (κ1) is 21.2. The number of halogens is 1. The average molecular weight is 455 g/mol. The van der Waals surface area contributed by atoms with E-state index in [0.29, 0.717) is 33.1 Å². The summed E-state index contributed by atoms with van der Waals surface area (Å²) in [6.07, 6.45) is 0. The summed E-state index contributed by atoms with van der Waals surface area (Å²) in [4.78, 5) is 44.3. The van der Waals surface area contributed by atoms with Gasteiger partial charge in [-0.15, -0.1) is 11.3 Å². The van der Waals surface area contributed by atoms with E-state index in [1.165, 1.54) is 34.4 Å². The van der Waals surface area contributed by atoms with Crippen LogP contribution < -0.4 is 16.4 Å². The van der Waals surface area contributed by atoms with Crippen LogP contribution in [-0.2, 0) is 13.1 Å². The number of fused-ring (bicyclic) bond motifs is 1. The summed E-state index contributed by atoms with van der Waals surface area (Å²) in [6, 6.07) is 10.2. The van der Waals surface area contributed by atoms with Crippen molar-refractivity contribution in [2.45, 2.75) is 13.1 Å². The van der Waals surface area contributed by atoms with E-state index in [9.17, 15) is 18.8 Å². The summed E-state index contributed by atoms with van der Waals surface area (Å²) in [7, 11) is 1.62. The molecule has 164 valence electrons. The van der Waals surface area contributed by atoms with Gasteiger partial charge in [-0.2, -0.15) is 0 Å². The third-order valence-corrected chi connectivity index (χ3v) is 5.33. The van der Waals surface area contributed by atoms with Crippen LogP contribution in [-0.4, -0.2) is 33.9 Å². The minimum Gasteiger partial charge on any atom is -0.408 e. The fraction of sp³-hybridized carbons (Fsp3) is 0.143. The lowest BCUT2D eigenvalue weighted by Crippen LogP contribution is -2.28. The van der Waals surface area contributed by atoms with Crippen molar-refractivity contribution in [3.63, 3.8) is 0 Å². The van der Waals surface area contributed by atoms with Crippen LogP contribution in [0.2, 0.25) is 0 Å². The monoisotopic (exact) mass is 455 g/mol. The molecule has 0 spiro atoms. The van der Waals surface area contributed by atoms with E-state index in [-0.39, 0.29) is 24.8 Å². The first-order chi connectivity index (χ1) is 15.4. The van der Waals surface area contributed by atoms with Gasteiger partial charge in [-0.1, -0.05) is 12.1 Å². The molecule has 0 atom stereocenters. The van der Waals surface area contributed by atoms with E-state index >= 15 is 0 Å². The van der Waals surface area contributed by atoms with Crippen LogP contribution in [0.1, 0.15) is 21.6 Å². The summed E-state index contributed by atoms with van der Waals surface area (Å²) in [5, 5.41) is 7.36. The molecular formula is C21H18FN5O4S. The highest BCUT2D eigenvalue weighted by Gasteiger charge is 2.16. The summed E-state index contributed by atoms with van der Waals surface area (Å²) in [6.45, 7) is 0.391. The number of carbonyl (C=O) groups is 2. The number of urea groups is 1. The van der Waals surface area contributed by atoms with Crippen molar-refractivity contribution in [1.82, 2.24) is 20.2 Å². The molecule has 0 saturated heterocycles. The first-order valence-corrected chi connectivity index (χ1v) is 10.4. The number of hydrogen-bond acceptors (Lipinski definition) is 6. The zero-order valence-corrected chi connectivity index (χ0v) is 17.7. The number of anilines is 1. The van der Waals surface area contributed by atoms with E-state index in [0.717, 1.165) is 0 Å². The molecule has 0 fully saturated rings. The van der Waals surface area contributed by atoms with E-state index in [2.05, 4.69) is 20.6 Å². The summed E-state index contributed by atoms with van der Waals surface area (Å²) in [5.74, 6) is -1.22. The molecule has 0 aliphatic heterocycles. The van der Waals surface area contributed by atoms with E-state index in [4.69, 9.17) is 4.42 Å². The maximum atomic E-state index is 13.2. The SMILES string of the molecule is CN(Cc1csc(NC(=O)NCc2cccc(F)c2)n1)C(=O)c1ccc2[nH]c(=O)oc2c1. The minimum absolute atomic E-state index is 0.171. The fourth-order valence-electron chi connectivity index (χ4n) is 3.02. The number of nitrogens with one attached hydrogen (secondary N) is 3. The third kappa shape index (κ3) is 5.01. The van der Waals surface area contributed by atoms with E-state index in [1.807, 2.05) is 0 Å².